The lowest BCUT2D eigenvalue weighted by molar-refractivity contribution is 0.112. The normalized spacial score (nSPS) is 25.1. The Hall–Kier alpha value is 0.1000. The molecule has 0 aliphatic carbocycles. The van der Waals surface area contributed by atoms with Crippen molar-refractivity contribution in [2.45, 2.75) is 45.7 Å². The SMILES string of the molecule is CCC1CNC(C(C)C)CN1CCc1ccc(Br)s1. The third-order valence-electron chi connectivity index (χ3n) is 4.11. The first-order chi connectivity index (χ1) is 9.10. The number of halogens is 1. The Kier molecular flexibility index (Phi) is 5.87. The molecule has 2 rings (SSSR count). The molecule has 4 heteroatoms. The van der Waals surface area contributed by atoms with E-state index in [1.54, 1.807) is 0 Å². The van der Waals surface area contributed by atoms with Crippen LogP contribution < -0.4 is 5.32 Å². The quantitative estimate of drug-likeness (QED) is 0.874. The van der Waals surface area contributed by atoms with Crippen molar-refractivity contribution in [3.8, 4) is 0 Å². The first-order valence-corrected chi connectivity index (χ1v) is 8.92. The maximum Gasteiger partial charge on any atom is 0.0701 e. The van der Waals surface area contributed by atoms with E-state index in [9.17, 15) is 0 Å². The summed E-state index contributed by atoms with van der Waals surface area (Å²) in [6.07, 6.45) is 2.42. The van der Waals surface area contributed by atoms with Crippen molar-refractivity contribution in [1.29, 1.82) is 0 Å². The summed E-state index contributed by atoms with van der Waals surface area (Å²) in [4.78, 5) is 4.18. The summed E-state index contributed by atoms with van der Waals surface area (Å²) in [5, 5.41) is 3.71. The monoisotopic (exact) mass is 344 g/mol. The summed E-state index contributed by atoms with van der Waals surface area (Å²) >= 11 is 5.41. The van der Waals surface area contributed by atoms with Crippen molar-refractivity contribution in [3.63, 3.8) is 0 Å². The van der Waals surface area contributed by atoms with Crippen LogP contribution in [0.25, 0.3) is 0 Å². The van der Waals surface area contributed by atoms with Crippen LogP contribution >= 0.6 is 27.3 Å². The minimum Gasteiger partial charge on any atom is -0.311 e. The smallest absolute Gasteiger partial charge is 0.0701 e. The van der Waals surface area contributed by atoms with Crippen molar-refractivity contribution < 1.29 is 0 Å². The van der Waals surface area contributed by atoms with E-state index >= 15 is 0 Å². The summed E-state index contributed by atoms with van der Waals surface area (Å²) in [5.41, 5.74) is 0. The maximum absolute atomic E-state index is 3.71. The Morgan fingerprint density at radius 1 is 1.47 bits per heavy atom. The highest BCUT2D eigenvalue weighted by Crippen LogP contribution is 2.23. The minimum absolute atomic E-state index is 0.651. The van der Waals surface area contributed by atoms with Crippen molar-refractivity contribution in [2.24, 2.45) is 5.92 Å². The van der Waals surface area contributed by atoms with Gasteiger partial charge in [-0.25, -0.2) is 0 Å². The van der Waals surface area contributed by atoms with Crippen molar-refractivity contribution in [3.05, 3.63) is 20.8 Å². The fourth-order valence-corrected chi connectivity index (χ4v) is 4.22. The molecule has 2 atom stereocenters. The first kappa shape index (κ1) is 15.5. The molecule has 0 radical (unpaired) electrons. The molecular weight excluding hydrogens is 320 g/mol. The van der Waals surface area contributed by atoms with Crippen LogP contribution in [0.15, 0.2) is 15.9 Å². The van der Waals surface area contributed by atoms with E-state index in [0.29, 0.717) is 12.1 Å². The minimum atomic E-state index is 0.651. The van der Waals surface area contributed by atoms with Crippen molar-refractivity contribution >= 4 is 27.3 Å². The molecule has 0 amide bonds. The molecule has 1 aromatic rings. The van der Waals surface area contributed by atoms with Gasteiger partial charge in [0.05, 0.1) is 3.79 Å². The fourth-order valence-electron chi connectivity index (χ4n) is 2.75. The van der Waals surface area contributed by atoms with Crippen molar-refractivity contribution in [2.75, 3.05) is 19.6 Å². The van der Waals surface area contributed by atoms with Crippen LogP contribution in [0.5, 0.6) is 0 Å². The van der Waals surface area contributed by atoms with Gasteiger partial charge in [0.25, 0.3) is 0 Å². The summed E-state index contributed by atoms with van der Waals surface area (Å²) < 4.78 is 1.25. The van der Waals surface area contributed by atoms with Crippen molar-refractivity contribution in [1.82, 2.24) is 10.2 Å². The van der Waals surface area contributed by atoms with Gasteiger partial charge in [0, 0.05) is 36.6 Å². The molecule has 1 aliphatic heterocycles. The van der Waals surface area contributed by atoms with Gasteiger partial charge < -0.3 is 5.32 Å². The fraction of sp³-hybridized carbons (Fsp3) is 0.733. The Labute approximate surface area is 129 Å². The molecular formula is C15H25BrN2S. The molecule has 1 aliphatic rings. The topological polar surface area (TPSA) is 15.3 Å². The molecule has 19 heavy (non-hydrogen) atoms. The number of nitrogens with zero attached hydrogens (tertiary/aromatic N) is 1. The molecule has 0 bridgehead atoms. The highest BCUT2D eigenvalue weighted by Gasteiger charge is 2.27. The Morgan fingerprint density at radius 2 is 2.26 bits per heavy atom. The lowest BCUT2D eigenvalue weighted by Crippen LogP contribution is -2.58. The molecule has 1 fully saturated rings. The Balaban J connectivity index is 1.91. The highest BCUT2D eigenvalue weighted by atomic mass is 79.9. The van der Waals surface area contributed by atoms with Crippen LogP contribution in [0.2, 0.25) is 0 Å². The van der Waals surface area contributed by atoms with Gasteiger partial charge in [-0.15, -0.1) is 11.3 Å². The molecule has 0 saturated carbocycles. The van der Waals surface area contributed by atoms with Gasteiger partial charge >= 0.3 is 0 Å². The second kappa shape index (κ2) is 7.21. The summed E-state index contributed by atoms with van der Waals surface area (Å²) in [5.74, 6) is 0.719. The van der Waals surface area contributed by atoms with E-state index in [0.717, 1.165) is 12.5 Å². The van der Waals surface area contributed by atoms with Crippen LogP contribution in [0.4, 0.5) is 0 Å². The third-order valence-corrected chi connectivity index (χ3v) is 5.80. The predicted octanol–water partition coefficient (Wildman–Crippen LogP) is 3.76. The summed E-state index contributed by atoms with van der Waals surface area (Å²) in [6.45, 7) is 10.5. The largest absolute Gasteiger partial charge is 0.311 e. The van der Waals surface area contributed by atoms with Gasteiger partial charge in [0.1, 0.15) is 0 Å². The second-order valence-corrected chi connectivity index (χ2v) is 8.32. The van der Waals surface area contributed by atoms with Gasteiger partial charge in [0.15, 0.2) is 0 Å². The highest BCUT2D eigenvalue weighted by molar-refractivity contribution is 9.11. The van der Waals surface area contributed by atoms with Crippen LogP contribution in [-0.2, 0) is 6.42 Å². The number of hydrogen-bond acceptors (Lipinski definition) is 3. The number of hydrogen-bond donors (Lipinski definition) is 1. The van der Waals surface area contributed by atoms with Gasteiger partial charge in [-0.2, -0.15) is 0 Å². The maximum atomic E-state index is 3.71. The number of piperazine rings is 1. The summed E-state index contributed by atoms with van der Waals surface area (Å²) in [6, 6.07) is 5.76. The molecule has 1 N–H and O–H groups in total. The first-order valence-electron chi connectivity index (χ1n) is 7.31. The third kappa shape index (κ3) is 4.28. The second-order valence-electron chi connectivity index (χ2n) is 5.77. The molecule has 0 aromatic carbocycles. The van der Waals surface area contributed by atoms with Gasteiger partial charge in [0.2, 0.25) is 0 Å². The van der Waals surface area contributed by atoms with E-state index in [4.69, 9.17) is 0 Å². The zero-order valence-electron chi connectivity index (χ0n) is 12.2. The predicted molar refractivity (Wildman–Crippen MR) is 88.0 cm³/mol. The number of nitrogens with one attached hydrogen (secondary N) is 1. The molecule has 1 aromatic heterocycles. The average molecular weight is 345 g/mol. The van der Waals surface area contributed by atoms with Crippen LogP contribution in [0, 0.1) is 5.92 Å². The van der Waals surface area contributed by atoms with E-state index in [2.05, 4.69) is 59.1 Å². The zero-order valence-corrected chi connectivity index (χ0v) is 14.6. The van der Waals surface area contributed by atoms with Gasteiger partial charge in [-0.1, -0.05) is 20.8 Å². The number of rotatable bonds is 5. The average Bonchev–Trinajstić information content (AvgIpc) is 2.81. The number of thiophene rings is 1. The summed E-state index contributed by atoms with van der Waals surface area (Å²) in [7, 11) is 0. The molecule has 2 unspecified atom stereocenters. The molecule has 2 heterocycles. The lowest BCUT2D eigenvalue weighted by Gasteiger charge is -2.41. The molecule has 108 valence electrons. The Morgan fingerprint density at radius 3 is 2.84 bits per heavy atom. The molecule has 0 spiro atoms. The van der Waals surface area contributed by atoms with Crippen LogP contribution in [0.3, 0.4) is 0 Å². The van der Waals surface area contributed by atoms with E-state index in [-0.39, 0.29) is 0 Å². The zero-order chi connectivity index (χ0) is 13.8. The Bertz CT molecular complexity index is 391. The van der Waals surface area contributed by atoms with Gasteiger partial charge in [-0.3, -0.25) is 4.90 Å². The standard InChI is InChI=1S/C15H25BrN2S/c1-4-12-9-17-14(11(2)3)10-18(12)8-7-13-5-6-15(16)19-13/h5-6,11-12,14,17H,4,7-10H2,1-3H3. The lowest BCUT2D eigenvalue weighted by atomic mass is 9.98. The molecule has 2 nitrogen and oxygen atoms in total. The van der Waals surface area contributed by atoms with Crippen LogP contribution in [0.1, 0.15) is 32.1 Å². The van der Waals surface area contributed by atoms with E-state index in [1.165, 1.54) is 34.6 Å². The van der Waals surface area contributed by atoms with E-state index < -0.39 is 0 Å². The van der Waals surface area contributed by atoms with Gasteiger partial charge in [-0.05, 0) is 46.8 Å². The van der Waals surface area contributed by atoms with E-state index in [1.807, 2.05) is 11.3 Å². The molecule has 1 saturated heterocycles. The van der Waals surface area contributed by atoms with Crippen LogP contribution in [-0.4, -0.2) is 36.6 Å².